The number of ketones is 1. The van der Waals surface area contributed by atoms with Gasteiger partial charge in [-0.25, -0.2) is 8.78 Å². The predicted octanol–water partition coefficient (Wildman–Crippen LogP) is 3.94. The Bertz CT molecular complexity index is 364. The van der Waals surface area contributed by atoms with Gasteiger partial charge in [-0.15, -0.1) is 11.8 Å². The van der Waals surface area contributed by atoms with Crippen molar-refractivity contribution in [2.24, 2.45) is 0 Å². The summed E-state index contributed by atoms with van der Waals surface area (Å²) in [5.41, 5.74) is 0.312. The summed E-state index contributed by atoms with van der Waals surface area (Å²) < 4.78 is 25.3. The van der Waals surface area contributed by atoms with E-state index in [-0.39, 0.29) is 11.3 Å². The van der Waals surface area contributed by atoms with Crippen LogP contribution in [-0.2, 0) is 0 Å². The molecule has 0 aromatic heterocycles. The molecule has 0 radical (unpaired) electrons. The molecular formula is C11H12F2OS. The fourth-order valence-corrected chi connectivity index (χ4v) is 1.87. The largest absolute Gasteiger partial charge is 0.294 e. The molecule has 0 unspecified atom stereocenters. The highest BCUT2D eigenvalue weighted by Crippen LogP contribution is 2.30. The lowest BCUT2D eigenvalue weighted by atomic mass is 10.1. The lowest BCUT2D eigenvalue weighted by molar-refractivity contribution is 0.0987. The molecule has 0 amide bonds. The van der Waals surface area contributed by atoms with E-state index in [1.165, 1.54) is 17.8 Å². The van der Waals surface area contributed by atoms with Crippen LogP contribution in [0.2, 0.25) is 0 Å². The van der Waals surface area contributed by atoms with Crippen LogP contribution in [0.25, 0.3) is 0 Å². The first kappa shape index (κ1) is 12.2. The molecule has 0 saturated heterocycles. The number of benzene rings is 1. The van der Waals surface area contributed by atoms with Crippen molar-refractivity contribution in [3.05, 3.63) is 29.3 Å². The Kier molecular flexibility index (Phi) is 4.27. The van der Waals surface area contributed by atoms with Gasteiger partial charge < -0.3 is 0 Å². The second kappa shape index (κ2) is 5.26. The third-order valence-corrected chi connectivity index (χ3v) is 2.92. The number of hydrogen-bond donors (Lipinski definition) is 0. The summed E-state index contributed by atoms with van der Waals surface area (Å²) in [5.74, 6) is -0.107. The molecular weight excluding hydrogens is 218 g/mol. The number of thioether (sulfide) groups is 1. The zero-order valence-corrected chi connectivity index (χ0v) is 9.41. The Balaban J connectivity index is 3.16. The molecule has 0 spiro atoms. The topological polar surface area (TPSA) is 17.1 Å². The molecule has 15 heavy (non-hydrogen) atoms. The van der Waals surface area contributed by atoms with Crippen LogP contribution in [0.3, 0.4) is 0 Å². The van der Waals surface area contributed by atoms with Gasteiger partial charge in [0.15, 0.2) is 5.78 Å². The summed E-state index contributed by atoms with van der Waals surface area (Å²) in [6, 6.07) is 4.47. The zero-order valence-electron chi connectivity index (χ0n) is 8.59. The van der Waals surface area contributed by atoms with Gasteiger partial charge in [0.05, 0.1) is 0 Å². The van der Waals surface area contributed by atoms with Crippen LogP contribution in [0.1, 0.15) is 35.7 Å². The van der Waals surface area contributed by atoms with Crippen molar-refractivity contribution in [1.82, 2.24) is 0 Å². The Morgan fingerprint density at radius 2 is 2.13 bits per heavy atom. The van der Waals surface area contributed by atoms with Gasteiger partial charge in [-0.2, -0.15) is 0 Å². The maximum absolute atomic E-state index is 12.6. The lowest BCUT2D eigenvalue weighted by Gasteiger charge is -2.08. The van der Waals surface area contributed by atoms with Gasteiger partial charge in [0.2, 0.25) is 0 Å². The number of carbonyl (C=O) groups excluding carboxylic acids is 1. The number of halogens is 2. The maximum Gasteiger partial charge on any atom is 0.264 e. The van der Waals surface area contributed by atoms with Crippen molar-refractivity contribution in [3.8, 4) is 0 Å². The summed E-state index contributed by atoms with van der Waals surface area (Å²) >= 11 is 1.26. The second-order valence-corrected chi connectivity index (χ2v) is 3.88. The first-order valence-corrected chi connectivity index (χ1v) is 5.82. The molecule has 1 rings (SSSR count). The Labute approximate surface area is 91.9 Å². The standard InChI is InChI=1S/C11H12F2OS/c1-3-9(14)7-4-5-10(15-2)8(6-7)11(12)13/h4-6,11H,3H2,1-2H3. The molecule has 1 aromatic carbocycles. The van der Waals surface area contributed by atoms with Crippen molar-refractivity contribution >= 4 is 17.5 Å². The van der Waals surface area contributed by atoms with Gasteiger partial charge in [0, 0.05) is 22.4 Å². The van der Waals surface area contributed by atoms with Crippen LogP contribution in [0, 0.1) is 0 Å². The van der Waals surface area contributed by atoms with Crippen molar-refractivity contribution in [2.75, 3.05) is 6.26 Å². The molecule has 0 atom stereocenters. The van der Waals surface area contributed by atoms with Crippen LogP contribution in [-0.4, -0.2) is 12.0 Å². The molecule has 1 nitrogen and oxygen atoms in total. The van der Waals surface area contributed by atoms with Crippen LogP contribution in [0.15, 0.2) is 23.1 Å². The van der Waals surface area contributed by atoms with Crippen molar-refractivity contribution in [3.63, 3.8) is 0 Å². The molecule has 0 N–H and O–H groups in total. The number of carbonyl (C=O) groups is 1. The monoisotopic (exact) mass is 230 g/mol. The van der Waals surface area contributed by atoms with E-state index in [1.807, 2.05) is 0 Å². The molecule has 1 aromatic rings. The smallest absolute Gasteiger partial charge is 0.264 e. The minimum atomic E-state index is -2.53. The summed E-state index contributed by atoms with van der Waals surface area (Å²) in [5, 5.41) is 0. The Morgan fingerprint density at radius 1 is 1.47 bits per heavy atom. The van der Waals surface area contributed by atoms with Crippen LogP contribution in [0.4, 0.5) is 8.78 Å². The van der Waals surface area contributed by atoms with E-state index in [9.17, 15) is 13.6 Å². The molecule has 0 fully saturated rings. The average molecular weight is 230 g/mol. The van der Waals surface area contributed by atoms with Crippen LogP contribution in [0.5, 0.6) is 0 Å². The lowest BCUT2D eigenvalue weighted by Crippen LogP contribution is -1.99. The first-order valence-electron chi connectivity index (χ1n) is 4.59. The number of rotatable bonds is 4. The maximum atomic E-state index is 12.6. The third-order valence-electron chi connectivity index (χ3n) is 2.11. The molecule has 82 valence electrons. The Hall–Kier alpha value is -0.900. The normalized spacial score (nSPS) is 10.7. The van der Waals surface area contributed by atoms with Gasteiger partial charge in [-0.05, 0) is 18.4 Å². The minimum absolute atomic E-state index is 0.0539. The molecule has 0 aliphatic carbocycles. The number of alkyl halides is 2. The van der Waals surface area contributed by atoms with E-state index in [0.29, 0.717) is 16.9 Å². The highest BCUT2D eigenvalue weighted by atomic mass is 32.2. The molecule has 0 heterocycles. The third kappa shape index (κ3) is 2.78. The zero-order chi connectivity index (χ0) is 11.4. The first-order chi connectivity index (χ1) is 7.10. The highest BCUT2D eigenvalue weighted by molar-refractivity contribution is 7.98. The van der Waals surface area contributed by atoms with E-state index in [1.54, 1.807) is 25.3 Å². The second-order valence-electron chi connectivity index (χ2n) is 3.03. The van der Waals surface area contributed by atoms with Gasteiger partial charge in [-0.3, -0.25) is 4.79 Å². The van der Waals surface area contributed by atoms with Crippen molar-refractivity contribution in [2.45, 2.75) is 24.7 Å². The quantitative estimate of drug-likeness (QED) is 0.575. The molecule has 0 bridgehead atoms. The van der Waals surface area contributed by atoms with Crippen molar-refractivity contribution < 1.29 is 13.6 Å². The van der Waals surface area contributed by atoms with Crippen LogP contribution >= 0.6 is 11.8 Å². The van der Waals surface area contributed by atoms with E-state index < -0.39 is 6.43 Å². The highest BCUT2D eigenvalue weighted by Gasteiger charge is 2.15. The Morgan fingerprint density at radius 3 is 2.60 bits per heavy atom. The SMILES string of the molecule is CCC(=O)c1ccc(SC)c(C(F)F)c1. The minimum Gasteiger partial charge on any atom is -0.294 e. The molecule has 0 aliphatic heterocycles. The molecule has 0 saturated carbocycles. The van der Waals surface area contributed by atoms with Gasteiger partial charge in [0.1, 0.15) is 0 Å². The van der Waals surface area contributed by atoms with Gasteiger partial charge in [0.25, 0.3) is 6.43 Å². The number of hydrogen-bond acceptors (Lipinski definition) is 2. The fraction of sp³-hybridized carbons (Fsp3) is 0.364. The van der Waals surface area contributed by atoms with Gasteiger partial charge in [-0.1, -0.05) is 13.0 Å². The van der Waals surface area contributed by atoms with E-state index >= 15 is 0 Å². The molecule has 4 heteroatoms. The van der Waals surface area contributed by atoms with Crippen molar-refractivity contribution in [1.29, 1.82) is 0 Å². The fourth-order valence-electron chi connectivity index (χ4n) is 1.28. The van der Waals surface area contributed by atoms with Crippen LogP contribution < -0.4 is 0 Å². The molecule has 0 aliphatic rings. The predicted molar refractivity (Wildman–Crippen MR) is 57.8 cm³/mol. The van der Waals surface area contributed by atoms with Gasteiger partial charge >= 0.3 is 0 Å². The van der Waals surface area contributed by atoms with E-state index in [0.717, 1.165) is 0 Å². The summed E-state index contributed by atoms with van der Waals surface area (Å²) in [6.45, 7) is 1.72. The van der Waals surface area contributed by atoms with E-state index in [2.05, 4.69) is 0 Å². The summed E-state index contributed by atoms with van der Waals surface area (Å²) in [4.78, 5) is 11.9. The number of Topliss-reactive ketones (excluding diaryl/α,β-unsaturated/α-hetero) is 1. The summed E-state index contributed by atoms with van der Waals surface area (Å²) in [7, 11) is 0. The van der Waals surface area contributed by atoms with E-state index in [4.69, 9.17) is 0 Å². The summed E-state index contributed by atoms with van der Waals surface area (Å²) in [6.07, 6.45) is -0.457. The average Bonchev–Trinajstić information content (AvgIpc) is 2.27.